The SMILES string of the molecule is COc1nc(C)ncc1C(=O)N1CCNCC1. The fourth-order valence-electron chi connectivity index (χ4n) is 1.79. The molecular formula is C11H16N4O2. The molecule has 1 fully saturated rings. The number of nitrogens with zero attached hydrogens (tertiary/aromatic N) is 3. The van der Waals surface area contributed by atoms with Crippen molar-refractivity contribution in [2.24, 2.45) is 0 Å². The molecule has 0 aromatic carbocycles. The molecule has 0 spiro atoms. The fraction of sp³-hybridized carbons (Fsp3) is 0.545. The summed E-state index contributed by atoms with van der Waals surface area (Å²) >= 11 is 0. The Morgan fingerprint density at radius 1 is 1.47 bits per heavy atom. The first kappa shape index (κ1) is 11.8. The summed E-state index contributed by atoms with van der Waals surface area (Å²) in [6.07, 6.45) is 1.53. The highest BCUT2D eigenvalue weighted by molar-refractivity contribution is 5.96. The first-order chi connectivity index (χ1) is 8.22. The molecule has 6 heteroatoms. The molecule has 0 bridgehead atoms. The largest absolute Gasteiger partial charge is 0.480 e. The zero-order valence-electron chi connectivity index (χ0n) is 10.1. The van der Waals surface area contributed by atoms with Gasteiger partial charge in [-0.25, -0.2) is 4.98 Å². The third-order valence-electron chi connectivity index (χ3n) is 2.70. The highest BCUT2D eigenvalue weighted by Gasteiger charge is 2.22. The fourth-order valence-corrected chi connectivity index (χ4v) is 1.79. The van der Waals surface area contributed by atoms with Crippen LogP contribution in [0.3, 0.4) is 0 Å². The molecular weight excluding hydrogens is 220 g/mol. The number of ether oxygens (including phenoxy) is 1. The van der Waals surface area contributed by atoms with Gasteiger partial charge in [0.15, 0.2) is 0 Å². The molecule has 1 amide bonds. The van der Waals surface area contributed by atoms with Gasteiger partial charge in [-0.3, -0.25) is 4.79 Å². The van der Waals surface area contributed by atoms with Crippen LogP contribution in [0.5, 0.6) is 5.88 Å². The minimum absolute atomic E-state index is 0.0663. The van der Waals surface area contributed by atoms with E-state index in [1.54, 1.807) is 11.8 Å². The summed E-state index contributed by atoms with van der Waals surface area (Å²) in [6, 6.07) is 0. The summed E-state index contributed by atoms with van der Waals surface area (Å²) in [5.41, 5.74) is 0.431. The van der Waals surface area contributed by atoms with Crippen molar-refractivity contribution in [3.05, 3.63) is 17.6 Å². The molecule has 0 aliphatic carbocycles. The van der Waals surface area contributed by atoms with Gasteiger partial charge in [-0.2, -0.15) is 4.98 Å². The average molecular weight is 236 g/mol. The molecule has 1 aromatic heterocycles. The van der Waals surface area contributed by atoms with Gasteiger partial charge in [0.25, 0.3) is 5.91 Å². The van der Waals surface area contributed by atoms with Crippen LogP contribution in [-0.4, -0.2) is 54.1 Å². The summed E-state index contributed by atoms with van der Waals surface area (Å²) < 4.78 is 5.12. The number of carbonyl (C=O) groups excluding carboxylic acids is 1. The maximum atomic E-state index is 12.2. The molecule has 17 heavy (non-hydrogen) atoms. The van der Waals surface area contributed by atoms with E-state index in [4.69, 9.17) is 4.74 Å². The molecule has 0 radical (unpaired) electrons. The number of aryl methyl sites for hydroxylation is 1. The Balaban J connectivity index is 2.23. The van der Waals surface area contributed by atoms with E-state index in [9.17, 15) is 4.79 Å². The predicted octanol–water partition coefficient (Wildman–Crippen LogP) is -0.161. The molecule has 1 aliphatic heterocycles. The van der Waals surface area contributed by atoms with Crippen LogP contribution in [-0.2, 0) is 0 Å². The van der Waals surface area contributed by atoms with Crippen LogP contribution in [0.4, 0.5) is 0 Å². The van der Waals surface area contributed by atoms with Gasteiger partial charge in [0.1, 0.15) is 11.4 Å². The van der Waals surface area contributed by atoms with E-state index < -0.39 is 0 Å². The normalized spacial score (nSPS) is 15.8. The van der Waals surface area contributed by atoms with Gasteiger partial charge >= 0.3 is 0 Å². The number of piperazine rings is 1. The van der Waals surface area contributed by atoms with E-state index in [2.05, 4.69) is 15.3 Å². The molecule has 1 aliphatic rings. The van der Waals surface area contributed by atoms with Crippen LogP contribution in [0.25, 0.3) is 0 Å². The van der Waals surface area contributed by atoms with Crippen LogP contribution in [0.2, 0.25) is 0 Å². The number of hydrogen-bond donors (Lipinski definition) is 1. The molecule has 1 N–H and O–H groups in total. The van der Waals surface area contributed by atoms with E-state index in [1.165, 1.54) is 13.3 Å². The van der Waals surface area contributed by atoms with Gasteiger partial charge in [0.2, 0.25) is 5.88 Å². The quantitative estimate of drug-likeness (QED) is 0.772. The van der Waals surface area contributed by atoms with E-state index in [0.717, 1.165) is 13.1 Å². The summed E-state index contributed by atoms with van der Waals surface area (Å²) in [6.45, 7) is 4.81. The lowest BCUT2D eigenvalue weighted by molar-refractivity contribution is 0.0731. The van der Waals surface area contributed by atoms with Crippen molar-refractivity contribution in [3.8, 4) is 5.88 Å². The van der Waals surface area contributed by atoms with Gasteiger partial charge in [-0.1, -0.05) is 0 Å². The number of nitrogens with one attached hydrogen (secondary N) is 1. The van der Waals surface area contributed by atoms with Gasteiger partial charge in [-0.15, -0.1) is 0 Å². The molecule has 0 saturated carbocycles. The van der Waals surface area contributed by atoms with Gasteiger partial charge < -0.3 is 15.0 Å². The first-order valence-electron chi connectivity index (χ1n) is 5.60. The number of amides is 1. The Bertz CT molecular complexity index is 416. The monoisotopic (exact) mass is 236 g/mol. The summed E-state index contributed by atoms with van der Waals surface area (Å²) in [4.78, 5) is 22.2. The topological polar surface area (TPSA) is 67.4 Å². The van der Waals surface area contributed by atoms with E-state index in [0.29, 0.717) is 30.4 Å². The zero-order chi connectivity index (χ0) is 12.3. The van der Waals surface area contributed by atoms with E-state index in [-0.39, 0.29) is 5.91 Å². The van der Waals surface area contributed by atoms with Crippen LogP contribution < -0.4 is 10.1 Å². The highest BCUT2D eigenvalue weighted by Crippen LogP contribution is 2.16. The minimum atomic E-state index is -0.0663. The van der Waals surface area contributed by atoms with Crippen LogP contribution >= 0.6 is 0 Å². The molecule has 6 nitrogen and oxygen atoms in total. The third-order valence-corrected chi connectivity index (χ3v) is 2.70. The Kier molecular flexibility index (Phi) is 3.53. The van der Waals surface area contributed by atoms with E-state index in [1.807, 2.05) is 0 Å². The minimum Gasteiger partial charge on any atom is -0.480 e. The standard InChI is InChI=1S/C11H16N4O2/c1-8-13-7-9(10(14-8)17-2)11(16)15-5-3-12-4-6-15/h7,12H,3-6H2,1-2H3. The smallest absolute Gasteiger partial charge is 0.261 e. The Morgan fingerprint density at radius 2 is 2.18 bits per heavy atom. The number of hydrogen-bond acceptors (Lipinski definition) is 5. The predicted molar refractivity (Wildman–Crippen MR) is 62.1 cm³/mol. The molecule has 2 rings (SSSR count). The van der Waals surface area contributed by atoms with Crippen molar-refractivity contribution in [2.75, 3.05) is 33.3 Å². The lowest BCUT2D eigenvalue weighted by Gasteiger charge is -2.27. The Morgan fingerprint density at radius 3 is 2.82 bits per heavy atom. The number of methoxy groups -OCH3 is 1. The van der Waals surface area contributed by atoms with Crippen molar-refractivity contribution in [3.63, 3.8) is 0 Å². The van der Waals surface area contributed by atoms with Crippen molar-refractivity contribution in [1.29, 1.82) is 0 Å². The maximum absolute atomic E-state index is 12.2. The van der Waals surface area contributed by atoms with E-state index >= 15 is 0 Å². The lowest BCUT2D eigenvalue weighted by Crippen LogP contribution is -2.46. The van der Waals surface area contributed by atoms with Crippen molar-refractivity contribution >= 4 is 5.91 Å². The molecule has 0 unspecified atom stereocenters. The molecule has 2 heterocycles. The van der Waals surface area contributed by atoms with Crippen molar-refractivity contribution < 1.29 is 9.53 Å². The van der Waals surface area contributed by atoms with Crippen molar-refractivity contribution in [1.82, 2.24) is 20.2 Å². The number of carbonyl (C=O) groups is 1. The van der Waals surface area contributed by atoms with Gasteiger partial charge in [0.05, 0.1) is 7.11 Å². The average Bonchev–Trinajstić information content (AvgIpc) is 2.39. The molecule has 92 valence electrons. The maximum Gasteiger partial charge on any atom is 0.261 e. The Hall–Kier alpha value is -1.69. The molecule has 1 aromatic rings. The second-order valence-corrected chi connectivity index (χ2v) is 3.88. The number of aromatic nitrogens is 2. The summed E-state index contributed by atoms with van der Waals surface area (Å²) in [5.74, 6) is 0.878. The lowest BCUT2D eigenvalue weighted by atomic mass is 10.2. The third kappa shape index (κ3) is 2.52. The summed E-state index contributed by atoms with van der Waals surface area (Å²) in [7, 11) is 1.51. The Labute approximate surface area is 100 Å². The van der Waals surface area contributed by atoms with Gasteiger partial charge in [0, 0.05) is 32.4 Å². The highest BCUT2D eigenvalue weighted by atomic mass is 16.5. The second kappa shape index (κ2) is 5.09. The van der Waals surface area contributed by atoms with Crippen molar-refractivity contribution in [2.45, 2.75) is 6.92 Å². The number of rotatable bonds is 2. The molecule has 0 atom stereocenters. The first-order valence-corrected chi connectivity index (χ1v) is 5.60. The van der Waals surface area contributed by atoms with Gasteiger partial charge in [-0.05, 0) is 6.92 Å². The van der Waals surface area contributed by atoms with Crippen LogP contribution in [0.15, 0.2) is 6.20 Å². The van der Waals surface area contributed by atoms with Crippen LogP contribution in [0, 0.1) is 6.92 Å². The molecule has 1 saturated heterocycles. The zero-order valence-corrected chi connectivity index (χ0v) is 10.1. The second-order valence-electron chi connectivity index (χ2n) is 3.88. The van der Waals surface area contributed by atoms with Crippen LogP contribution in [0.1, 0.15) is 16.2 Å². The summed E-state index contributed by atoms with van der Waals surface area (Å²) in [5, 5.41) is 3.20.